The maximum absolute atomic E-state index is 13.1. The normalized spacial score (nSPS) is 16.4. The van der Waals surface area contributed by atoms with E-state index in [0.29, 0.717) is 31.7 Å². The standard InChI is InChI=1S/C19H24ClN3O5S2/c1-14-4-6-16(13-18(14)30(26,27)23-10-8-22(2)9-11-23)21-29(24,25)19-12-15(20)5-7-17(19)28-3/h4-7,12-13,21H,8-11H2,1-3H3. The minimum absolute atomic E-state index is 0.0744. The highest BCUT2D eigenvalue weighted by Crippen LogP contribution is 2.30. The summed E-state index contributed by atoms with van der Waals surface area (Å²) in [5.41, 5.74) is 0.674. The van der Waals surface area contributed by atoms with E-state index < -0.39 is 20.0 Å². The Morgan fingerprint density at radius 1 is 0.967 bits per heavy atom. The van der Waals surface area contributed by atoms with Crippen molar-refractivity contribution in [3.05, 3.63) is 47.0 Å². The van der Waals surface area contributed by atoms with Gasteiger partial charge in [0.25, 0.3) is 10.0 Å². The molecular weight excluding hydrogens is 450 g/mol. The highest BCUT2D eigenvalue weighted by Gasteiger charge is 2.29. The van der Waals surface area contributed by atoms with E-state index in [4.69, 9.17) is 16.3 Å². The van der Waals surface area contributed by atoms with E-state index in [9.17, 15) is 16.8 Å². The second-order valence-corrected chi connectivity index (χ2v) is 11.1. The van der Waals surface area contributed by atoms with Crippen LogP contribution in [-0.4, -0.2) is 66.4 Å². The maximum atomic E-state index is 13.1. The summed E-state index contributed by atoms with van der Waals surface area (Å²) in [6.07, 6.45) is 0. The number of sulfonamides is 2. The molecule has 11 heteroatoms. The zero-order chi connectivity index (χ0) is 22.1. The zero-order valence-electron chi connectivity index (χ0n) is 16.9. The van der Waals surface area contributed by atoms with Crippen LogP contribution < -0.4 is 9.46 Å². The maximum Gasteiger partial charge on any atom is 0.265 e. The Morgan fingerprint density at radius 2 is 1.63 bits per heavy atom. The fourth-order valence-corrected chi connectivity index (χ4v) is 6.34. The number of halogens is 1. The van der Waals surface area contributed by atoms with E-state index in [1.807, 2.05) is 7.05 Å². The Kier molecular flexibility index (Phi) is 6.63. The zero-order valence-corrected chi connectivity index (χ0v) is 19.3. The number of piperazine rings is 1. The van der Waals surface area contributed by atoms with Crippen molar-refractivity contribution in [3.63, 3.8) is 0 Å². The van der Waals surface area contributed by atoms with Gasteiger partial charge in [-0.25, -0.2) is 16.8 Å². The minimum Gasteiger partial charge on any atom is -0.495 e. The molecule has 1 fully saturated rings. The topological polar surface area (TPSA) is 96.0 Å². The molecule has 0 atom stereocenters. The quantitative estimate of drug-likeness (QED) is 0.692. The van der Waals surface area contributed by atoms with Gasteiger partial charge in [0, 0.05) is 31.2 Å². The van der Waals surface area contributed by atoms with E-state index in [0.717, 1.165) is 0 Å². The van der Waals surface area contributed by atoms with Crippen LogP contribution in [0.3, 0.4) is 0 Å². The van der Waals surface area contributed by atoms with Crippen LogP contribution in [0.25, 0.3) is 0 Å². The van der Waals surface area contributed by atoms with Gasteiger partial charge in [-0.2, -0.15) is 4.31 Å². The minimum atomic E-state index is -4.06. The average molecular weight is 474 g/mol. The van der Waals surface area contributed by atoms with Gasteiger partial charge >= 0.3 is 0 Å². The van der Waals surface area contributed by atoms with E-state index in [1.165, 1.54) is 41.7 Å². The lowest BCUT2D eigenvalue weighted by Gasteiger charge is -2.32. The molecule has 30 heavy (non-hydrogen) atoms. The van der Waals surface area contributed by atoms with Gasteiger partial charge in [-0.1, -0.05) is 17.7 Å². The predicted octanol–water partition coefficient (Wildman–Crippen LogP) is 2.39. The largest absolute Gasteiger partial charge is 0.495 e. The second-order valence-electron chi connectivity index (χ2n) is 7.09. The van der Waals surface area contributed by atoms with Crippen molar-refractivity contribution in [1.29, 1.82) is 0 Å². The molecular formula is C19H24ClN3O5S2. The number of hydrogen-bond acceptors (Lipinski definition) is 6. The summed E-state index contributed by atoms with van der Waals surface area (Å²) in [4.78, 5) is 1.99. The molecule has 2 aromatic rings. The molecule has 0 aromatic heterocycles. The number of likely N-dealkylation sites (N-methyl/N-ethyl adjacent to an activating group) is 1. The van der Waals surface area contributed by atoms with Crippen LogP contribution in [0.4, 0.5) is 5.69 Å². The van der Waals surface area contributed by atoms with Crippen LogP contribution in [0.1, 0.15) is 5.56 Å². The Bertz CT molecular complexity index is 1140. The molecule has 0 radical (unpaired) electrons. The van der Waals surface area contributed by atoms with Gasteiger partial charge in [0.1, 0.15) is 10.6 Å². The summed E-state index contributed by atoms with van der Waals surface area (Å²) >= 11 is 5.95. The lowest BCUT2D eigenvalue weighted by Crippen LogP contribution is -2.47. The van der Waals surface area contributed by atoms with Gasteiger partial charge in [-0.15, -0.1) is 0 Å². The highest BCUT2D eigenvalue weighted by molar-refractivity contribution is 7.92. The number of methoxy groups -OCH3 is 1. The molecule has 0 saturated carbocycles. The third-order valence-corrected chi connectivity index (χ3v) is 8.61. The van der Waals surface area contributed by atoms with Gasteiger partial charge in [-0.05, 0) is 49.9 Å². The van der Waals surface area contributed by atoms with Crippen LogP contribution in [0.2, 0.25) is 5.02 Å². The summed E-state index contributed by atoms with van der Waals surface area (Å²) in [7, 11) is -4.52. The van der Waals surface area contributed by atoms with Gasteiger partial charge < -0.3 is 9.64 Å². The Morgan fingerprint density at radius 3 is 2.27 bits per heavy atom. The number of aryl methyl sites for hydroxylation is 1. The second kappa shape index (κ2) is 8.72. The SMILES string of the molecule is COc1ccc(Cl)cc1S(=O)(=O)Nc1ccc(C)c(S(=O)(=O)N2CCN(C)CC2)c1. The number of benzene rings is 2. The first-order chi connectivity index (χ1) is 14.0. The molecule has 1 heterocycles. The number of nitrogens with zero attached hydrogens (tertiary/aromatic N) is 2. The first-order valence-electron chi connectivity index (χ1n) is 9.20. The first-order valence-corrected chi connectivity index (χ1v) is 12.5. The monoisotopic (exact) mass is 473 g/mol. The number of rotatable bonds is 6. The smallest absolute Gasteiger partial charge is 0.265 e. The van der Waals surface area contributed by atoms with Crippen molar-refractivity contribution >= 4 is 37.3 Å². The number of nitrogens with one attached hydrogen (secondary N) is 1. The van der Waals surface area contributed by atoms with Gasteiger partial charge in [0.15, 0.2) is 0 Å². The summed E-state index contributed by atoms with van der Waals surface area (Å²) in [6, 6.07) is 8.70. The van der Waals surface area contributed by atoms with Crippen LogP contribution in [0.15, 0.2) is 46.2 Å². The fourth-order valence-electron chi connectivity index (χ4n) is 3.18. The first kappa shape index (κ1) is 22.8. The molecule has 1 aliphatic rings. The van der Waals surface area contributed by atoms with Crippen LogP contribution in [0.5, 0.6) is 5.75 Å². The molecule has 2 aromatic carbocycles. The Labute approximate surface area is 182 Å². The molecule has 1 N–H and O–H groups in total. The molecule has 164 valence electrons. The number of ether oxygens (including phenoxy) is 1. The molecule has 0 amide bonds. The molecule has 1 aliphatic heterocycles. The van der Waals surface area contributed by atoms with Crippen LogP contribution in [0, 0.1) is 6.92 Å². The summed E-state index contributed by atoms with van der Waals surface area (Å²) in [6.45, 7) is 3.72. The fraction of sp³-hybridized carbons (Fsp3) is 0.368. The van der Waals surface area contributed by atoms with Crippen molar-refractivity contribution in [2.24, 2.45) is 0 Å². The Balaban J connectivity index is 1.95. The van der Waals surface area contributed by atoms with Gasteiger partial charge in [-0.3, -0.25) is 4.72 Å². The molecule has 8 nitrogen and oxygen atoms in total. The van der Waals surface area contributed by atoms with Crippen molar-refractivity contribution < 1.29 is 21.6 Å². The van der Waals surface area contributed by atoms with Crippen molar-refractivity contribution in [3.8, 4) is 5.75 Å². The molecule has 0 aliphatic carbocycles. The van der Waals surface area contributed by atoms with Crippen LogP contribution in [-0.2, 0) is 20.0 Å². The van der Waals surface area contributed by atoms with Crippen molar-refractivity contribution in [1.82, 2.24) is 9.21 Å². The van der Waals surface area contributed by atoms with E-state index in [2.05, 4.69) is 9.62 Å². The third kappa shape index (κ3) is 4.73. The molecule has 0 bridgehead atoms. The average Bonchev–Trinajstić information content (AvgIpc) is 2.69. The third-order valence-electron chi connectivity index (χ3n) is 4.94. The predicted molar refractivity (Wildman–Crippen MR) is 116 cm³/mol. The molecule has 0 unspecified atom stereocenters. The van der Waals surface area contributed by atoms with Crippen molar-refractivity contribution in [2.45, 2.75) is 16.7 Å². The van der Waals surface area contributed by atoms with E-state index >= 15 is 0 Å². The lowest BCUT2D eigenvalue weighted by atomic mass is 10.2. The number of hydrogen-bond donors (Lipinski definition) is 1. The number of anilines is 1. The van der Waals surface area contributed by atoms with E-state index in [-0.39, 0.29) is 26.3 Å². The molecule has 3 rings (SSSR count). The summed E-state index contributed by atoms with van der Waals surface area (Å²) in [5, 5.41) is 0.235. The van der Waals surface area contributed by atoms with Gasteiger partial charge in [0.05, 0.1) is 17.7 Å². The van der Waals surface area contributed by atoms with Gasteiger partial charge in [0.2, 0.25) is 10.0 Å². The lowest BCUT2D eigenvalue weighted by molar-refractivity contribution is 0.222. The summed E-state index contributed by atoms with van der Waals surface area (Å²) in [5.74, 6) is 0.129. The summed E-state index contributed by atoms with van der Waals surface area (Å²) < 4.78 is 61.1. The Hall–Kier alpha value is -1.85. The van der Waals surface area contributed by atoms with Crippen molar-refractivity contribution in [2.75, 3.05) is 45.1 Å². The highest BCUT2D eigenvalue weighted by atomic mass is 35.5. The van der Waals surface area contributed by atoms with Crippen LogP contribution >= 0.6 is 11.6 Å². The van der Waals surface area contributed by atoms with E-state index in [1.54, 1.807) is 13.0 Å². The molecule has 0 spiro atoms. The molecule has 1 saturated heterocycles.